The Kier molecular flexibility index (Phi) is 6.19. The van der Waals surface area contributed by atoms with Crippen LogP contribution in [0, 0.1) is 0 Å². The first-order chi connectivity index (χ1) is 13.5. The summed E-state index contributed by atoms with van der Waals surface area (Å²) in [4.78, 5) is 12.8. The van der Waals surface area contributed by atoms with Crippen LogP contribution in [0.3, 0.4) is 0 Å². The third-order valence-electron chi connectivity index (χ3n) is 4.99. The Labute approximate surface area is 166 Å². The van der Waals surface area contributed by atoms with E-state index in [9.17, 15) is 4.79 Å². The van der Waals surface area contributed by atoms with Crippen LogP contribution in [-0.4, -0.2) is 19.6 Å². The molecule has 0 heterocycles. The number of fused-ring (bicyclic) bond motifs is 1. The first-order valence-corrected chi connectivity index (χ1v) is 9.62. The zero-order valence-corrected chi connectivity index (χ0v) is 16.9. The second-order valence-corrected chi connectivity index (χ2v) is 6.93. The van der Waals surface area contributed by atoms with Gasteiger partial charge in [0.15, 0.2) is 0 Å². The Morgan fingerprint density at radius 3 is 2.43 bits per heavy atom. The largest absolute Gasteiger partial charge is 0.497 e. The van der Waals surface area contributed by atoms with Crippen LogP contribution in [0.1, 0.15) is 43.9 Å². The fourth-order valence-electron chi connectivity index (χ4n) is 3.25. The van der Waals surface area contributed by atoms with Crippen molar-refractivity contribution in [3.63, 3.8) is 0 Å². The highest BCUT2D eigenvalue weighted by Crippen LogP contribution is 2.26. The predicted molar refractivity (Wildman–Crippen MR) is 113 cm³/mol. The number of hydrogen-bond acceptors (Lipinski definition) is 3. The summed E-state index contributed by atoms with van der Waals surface area (Å²) in [7, 11) is 1.66. The second-order valence-electron chi connectivity index (χ2n) is 6.93. The Morgan fingerprint density at radius 1 is 0.929 bits per heavy atom. The average molecular weight is 377 g/mol. The van der Waals surface area contributed by atoms with Crippen LogP contribution >= 0.6 is 0 Å². The van der Waals surface area contributed by atoms with Crippen LogP contribution in [0.15, 0.2) is 60.7 Å². The zero-order chi connectivity index (χ0) is 20.1. The lowest BCUT2D eigenvalue weighted by molar-refractivity contribution is -0.122. The fraction of sp³-hybridized carbons (Fsp3) is 0.292. The lowest BCUT2D eigenvalue weighted by Gasteiger charge is -2.19. The molecule has 3 rings (SSSR count). The molecule has 0 radical (unpaired) electrons. The Hall–Kier alpha value is -3.01. The molecule has 4 heteroatoms. The van der Waals surface area contributed by atoms with Gasteiger partial charge in [-0.15, -0.1) is 0 Å². The lowest BCUT2D eigenvalue weighted by atomic mass is 9.96. The molecule has 1 N–H and O–H groups in total. The molecule has 146 valence electrons. The number of amides is 1. The molecule has 3 aromatic rings. The van der Waals surface area contributed by atoms with Crippen LogP contribution in [0.4, 0.5) is 0 Å². The molecule has 0 bridgehead atoms. The van der Waals surface area contributed by atoms with Gasteiger partial charge in [0.05, 0.1) is 25.7 Å². The van der Waals surface area contributed by atoms with E-state index < -0.39 is 0 Å². The van der Waals surface area contributed by atoms with Gasteiger partial charge in [0.1, 0.15) is 11.5 Å². The maximum atomic E-state index is 12.8. The molecule has 1 unspecified atom stereocenters. The minimum Gasteiger partial charge on any atom is -0.497 e. The Balaban J connectivity index is 1.73. The number of nitrogens with one attached hydrogen (secondary N) is 1. The van der Waals surface area contributed by atoms with Crippen molar-refractivity contribution in [1.82, 2.24) is 5.32 Å². The molecule has 2 atom stereocenters. The molecule has 0 saturated carbocycles. The van der Waals surface area contributed by atoms with Crippen molar-refractivity contribution in [2.75, 3.05) is 13.7 Å². The molecule has 3 aromatic carbocycles. The van der Waals surface area contributed by atoms with Crippen LogP contribution in [0.2, 0.25) is 0 Å². The van der Waals surface area contributed by atoms with Crippen LogP contribution in [0.5, 0.6) is 11.5 Å². The molecule has 28 heavy (non-hydrogen) atoms. The van der Waals surface area contributed by atoms with Crippen molar-refractivity contribution >= 4 is 16.7 Å². The summed E-state index contributed by atoms with van der Waals surface area (Å²) in [6.07, 6.45) is 0. The minimum absolute atomic E-state index is 0.00201. The number of carbonyl (C=O) groups is 1. The van der Waals surface area contributed by atoms with Crippen molar-refractivity contribution in [3.8, 4) is 11.5 Å². The summed E-state index contributed by atoms with van der Waals surface area (Å²) in [5, 5.41) is 5.30. The highest BCUT2D eigenvalue weighted by Gasteiger charge is 2.18. The van der Waals surface area contributed by atoms with E-state index in [1.54, 1.807) is 7.11 Å². The van der Waals surface area contributed by atoms with Gasteiger partial charge in [-0.2, -0.15) is 0 Å². The average Bonchev–Trinajstić information content (AvgIpc) is 2.72. The second kappa shape index (κ2) is 8.79. The molecule has 0 aliphatic carbocycles. The summed E-state index contributed by atoms with van der Waals surface area (Å²) in [6, 6.07) is 19.8. The third kappa shape index (κ3) is 4.45. The SMILES string of the molecule is CCOc1cccc(C(C)NC(=O)[C@@H](C)c2ccc3cc(OC)ccc3c2)c1. The van der Waals surface area contributed by atoms with Gasteiger partial charge in [-0.3, -0.25) is 4.79 Å². The van der Waals surface area contributed by atoms with E-state index in [-0.39, 0.29) is 17.9 Å². The van der Waals surface area contributed by atoms with Gasteiger partial charge < -0.3 is 14.8 Å². The van der Waals surface area contributed by atoms with E-state index in [0.29, 0.717) is 6.61 Å². The molecule has 1 amide bonds. The van der Waals surface area contributed by atoms with Gasteiger partial charge in [-0.05, 0) is 66.9 Å². The number of benzene rings is 3. The first-order valence-electron chi connectivity index (χ1n) is 9.62. The van der Waals surface area contributed by atoms with Gasteiger partial charge in [0.25, 0.3) is 0 Å². The molecular formula is C24H27NO3. The number of methoxy groups -OCH3 is 1. The van der Waals surface area contributed by atoms with E-state index in [2.05, 4.69) is 11.4 Å². The van der Waals surface area contributed by atoms with Gasteiger partial charge in [-0.1, -0.05) is 36.4 Å². The fourth-order valence-corrected chi connectivity index (χ4v) is 3.25. The van der Waals surface area contributed by atoms with E-state index in [4.69, 9.17) is 9.47 Å². The lowest BCUT2D eigenvalue weighted by Crippen LogP contribution is -2.30. The maximum Gasteiger partial charge on any atom is 0.227 e. The van der Waals surface area contributed by atoms with Crippen molar-refractivity contribution < 1.29 is 14.3 Å². The van der Waals surface area contributed by atoms with E-state index in [1.165, 1.54) is 0 Å². The smallest absolute Gasteiger partial charge is 0.227 e. The third-order valence-corrected chi connectivity index (χ3v) is 4.99. The van der Waals surface area contributed by atoms with Gasteiger partial charge in [0, 0.05) is 0 Å². The summed E-state index contributed by atoms with van der Waals surface area (Å²) < 4.78 is 10.8. The van der Waals surface area contributed by atoms with E-state index in [0.717, 1.165) is 33.4 Å². The molecular weight excluding hydrogens is 350 g/mol. The molecule has 4 nitrogen and oxygen atoms in total. The molecule has 0 fully saturated rings. The topological polar surface area (TPSA) is 47.6 Å². The molecule has 0 aliphatic rings. The number of carbonyl (C=O) groups excluding carboxylic acids is 1. The number of hydrogen-bond donors (Lipinski definition) is 1. The standard InChI is InChI=1S/C24H27NO3/c1-5-28-23-8-6-7-19(14-23)17(3)25-24(26)16(2)18-9-10-21-15-22(27-4)12-11-20(21)13-18/h6-17H,5H2,1-4H3,(H,25,26)/t16-,17?/m0/s1. The molecule has 0 spiro atoms. The van der Waals surface area contributed by atoms with E-state index in [1.807, 2.05) is 75.4 Å². The van der Waals surface area contributed by atoms with Gasteiger partial charge in [0.2, 0.25) is 5.91 Å². The summed E-state index contributed by atoms with van der Waals surface area (Å²) in [6.45, 7) is 6.50. The normalized spacial score (nSPS) is 13.0. The van der Waals surface area contributed by atoms with Crippen molar-refractivity contribution in [1.29, 1.82) is 0 Å². The van der Waals surface area contributed by atoms with Crippen LogP contribution in [0.25, 0.3) is 10.8 Å². The highest BCUT2D eigenvalue weighted by atomic mass is 16.5. The van der Waals surface area contributed by atoms with Crippen LogP contribution < -0.4 is 14.8 Å². The highest BCUT2D eigenvalue weighted by molar-refractivity contribution is 5.88. The Morgan fingerprint density at radius 2 is 1.68 bits per heavy atom. The maximum absolute atomic E-state index is 12.8. The van der Waals surface area contributed by atoms with Crippen molar-refractivity contribution in [2.24, 2.45) is 0 Å². The molecule has 0 aliphatic heterocycles. The summed E-state index contributed by atoms with van der Waals surface area (Å²) in [5.41, 5.74) is 2.02. The van der Waals surface area contributed by atoms with Gasteiger partial charge >= 0.3 is 0 Å². The van der Waals surface area contributed by atoms with Crippen molar-refractivity contribution in [3.05, 3.63) is 71.8 Å². The number of ether oxygens (including phenoxy) is 2. The van der Waals surface area contributed by atoms with Gasteiger partial charge in [-0.25, -0.2) is 0 Å². The quantitative estimate of drug-likeness (QED) is 0.613. The summed E-state index contributed by atoms with van der Waals surface area (Å²) >= 11 is 0. The number of rotatable bonds is 7. The summed E-state index contributed by atoms with van der Waals surface area (Å²) in [5.74, 6) is 1.40. The Bertz CT molecular complexity index is 967. The van der Waals surface area contributed by atoms with E-state index >= 15 is 0 Å². The predicted octanol–water partition coefficient (Wildman–Crippen LogP) is 5.23. The molecule has 0 aromatic heterocycles. The van der Waals surface area contributed by atoms with Crippen LogP contribution in [-0.2, 0) is 4.79 Å². The monoisotopic (exact) mass is 377 g/mol. The first kappa shape index (κ1) is 19.7. The van der Waals surface area contributed by atoms with Crippen molar-refractivity contribution in [2.45, 2.75) is 32.7 Å². The minimum atomic E-state index is -0.246. The molecule has 0 saturated heterocycles. The zero-order valence-electron chi connectivity index (χ0n) is 16.9.